The van der Waals surface area contributed by atoms with Crippen LogP contribution in [0.25, 0.3) is 11.4 Å². The number of aromatic nitrogens is 2. The zero-order valence-corrected chi connectivity index (χ0v) is 14.9. The van der Waals surface area contributed by atoms with Crippen LogP contribution in [0, 0.1) is 12.3 Å². The van der Waals surface area contributed by atoms with E-state index in [-0.39, 0.29) is 18.7 Å². The van der Waals surface area contributed by atoms with Crippen LogP contribution in [-0.2, 0) is 16.0 Å². The summed E-state index contributed by atoms with van der Waals surface area (Å²) in [5, 5.41) is 15.7. The molecular formula is C18H23N3O4. The maximum Gasteiger partial charge on any atom is 0.326 e. The monoisotopic (exact) mass is 345 g/mol. The van der Waals surface area contributed by atoms with Gasteiger partial charge in [0.25, 0.3) is 0 Å². The lowest BCUT2D eigenvalue weighted by atomic mass is 9.86. The molecule has 0 saturated heterocycles. The summed E-state index contributed by atoms with van der Waals surface area (Å²) in [6.07, 6.45) is 0.330. The molecule has 0 aliphatic rings. The van der Waals surface area contributed by atoms with E-state index in [1.807, 2.05) is 31.2 Å². The zero-order valence-electron chi connectivity index (χ0n) is 14.9. The summed E-state index contributed by atoms with van der Waals surface area (Å²) in [6.45, 7) is 7.28. The number of benzene rings is 1. The summed E-state index contributed by atoms with van der Waals surface area (Å²) in [7, 11) is 0. The fraction of sp³-hybridized carbons (Fsp3) is 0.444. The molecule has 1 heterocycles. The van der Waals surface area contributed by atoms with Crippen molar-refractivity contribution >= 4 is 11.9 Å². The molecule has 0 fully saturated rings. The molecule has 1 aromatic carbocycles. The maximum atomic E-state index is 12.0. The van der Waals surface area contributed by atoms with Crippen LogP contribution < -0.4 is 5.32 Å². The highest BCUT2D eigenvalue weighted by atomic mass is 16.5. The third kappa shape index (κ3) is 5.14. The van der Waals surface area contributed by atoms with E-state index in [1.165, 1.54) is 0 Å². The molecule has 0 spiro atoms. The molecule has 25 heavy (non-hydrogen) atoms. The number of nitrogens with one attached hydrogen (secondary N) is 1. The van der Waals surface area contributed by atoms with E-state index in [1.54, 1.807) is 20.8 Å². The van der Waals surface area contributed by atoms with Gasteiger partial charge in [0, 0.05) is 18.4 Å². The Morgan fingerprint density at radius 3 is 2.44 bits per heavy atom. The molecule has 1 aromatic heterocycles. The first kappa shape index (κ1) is 18.6. The van der Waals surface area contributed by atoms with E-state index in [2.05, 4.69) is 15.5 Å². The van der Waals surface area contributed by atoms with Crippen molar-refractivity contribution < 1.29 is 19.2 Å². The Bertz CT molecular complexity index is 744. The number of carboxylic acids is 1. The van der Waals surface area contributed by atoms with E-state index < -0.39 is 17.4 Å². The molecule has 0 aliphatic heterocycles. The van der Waals surface area contributed by atoms with Gasteiger partial charge in [0.1, 0.15) is 6.04 Å². The van der Waals surface area contributed by atoms with Crippen molar-refractivity contribution in [1.29, 1.82) is 0 Å². The van der Waals surface area contributed by atoms with Gasteiger partial charge in [0.2, 0.25) is 17.6 Å². The summed E-state index contributed by atoms with van der Waals surface area (Å²) in [5.74, 6) is -0.612. The minimum Gasteiger partial charge on any atom is -0.480 e. The summed E-state index contributed by atoms with van der Waals surface area (Å²) >= 11 is 0. The molecule has 0 saturated carbocycles. The molecule has 0 aliphatic carbocycles. The van der Waals surface area contributed by atoms with Crippen molar-refractivity contribution in [3.63, 3.8) is 0 Å². The highest BCUT2D eigenvalue weighted by Crippen LogP contribution is 2.20. The van der Waals surface area contributed by atoms with E-state index >= 15 is 0 Å². The van der Waals surface area contributed by atoms with Gasteiger partial charge >= 0.3 is 5.97 Å². The van der Waals surface area contributed by atoms with Gasteiger partial charge < -0.3 is 14.9 Å². The average Bonchev–Trinajstić information content (AvgIpc) is 2.99. The third-order valence-corrected chi connectivity index (χ3v) is 3.76. The van der Waals surface area contributed by atoms with Crippen LogP contribution in [-0.4, -0.2) is 33.2 Å². The Morgan fingerprint density at radius 2 is 1.88 bits per heavy atom. The minimum atomic E-state index is -1.06. The van der Waals surface area contributed by atoms with Gasteiger partial charge in [-0.05, 0) is 12.3 Å². The largest absolute Gasteiger partial charge is 0.480 e. The number of aryl methyl sites for hydroxylation is 2. The number of rotatable bonds is 6. The summed E-state index contributed by atoms with van der Waals surface area (Å²) < 4.78 is 5.16. The molecule has 0 radical (unpaired) electrons. The van der Waals surface area contributed by atoms with Crippen molar-refractivity contribution in [3.05, 3.63) is 35.7 Å². The van der Waals surface area contributed by atoms with Crippen molar-refractivity contribution in [2.75, 3.05) is 0 Å². The highest BCUT2D eigenvalue weighted by molar-refractivity contribution is 5.84. The molecule has 1 amide bonds. The van der Waals surface area contributed by atoms with Gasteiger partial charge in [-0.3, -0.25) is 4.79 Å². The van der Waals surface area contributed by atoms with Crippen LogP contribution in [0.2, 0.25) is 0 Å². The highest BCUT2D eigenvalue weighted by Gasteiger charge is 2.32. The molecule has 7 heteroatoms. The number of hydrogen-bond acceptors (Lipinski definition) is 5. The predicted octanol–water partition coefficient (Wildman–Crippen LogP) is 2.59. The SMILES string of the molecule is Cc1ccc(-c2noc(CCC(=O)N[C@H](C(=O)O)C(C)(C)C)n2)cc1. The number of nitrogens with zero attached hydrogens (tertiary/aromatic N) is 2. The van der Waals surface area contributed by atoms with Gasteiger partial charge in [0.15, 0.2) is 0 Å². The lowest BCUT2D eigenvalue weighted by molar-refractivity contribution is -0.144. The number of aliphatic carboxylic acids is 1. The molecule has 1 atom stereocenters. The molecular weight excluding hydrogens is 322 g/mol. The molecule has 0 bridgehead atoms. The third-order valence-electron chi connectivity index (χ3n) is 3.76. The lowest BCUT2D eigenvalue weighted by Crippen LogP contribution is -2.49. The van der Waals surface area contributed by atoms with E-state index in [4.69, 9.17) is 4.52 Å². The number of hydrogen-bond donors (Lipinski definition) is 2. The van der Waals surface area contributed by atoms with Gasteiger partial charge in [-0.25, -0.2) is 4.79 Å². The van der Waals surface area contributed by atoms with Crippen LogP contribution in [0.15, 0.2) is 28.8 Å². The van der Waals surface area contributed by atoms with Crippen LogP contribution in [0.3, 0.4) is 0 Å². The Balaban J connectivity index is 1.94. The summed E-state index contributed by atoms with van der Waals surface area (Å²) in [6, 6.07) is 6.76. The van der Waals surface area contributed by atoms with Crippen LogP contribution >= 0.6 is 0 Å². The van der Waals surface area contributed by atoms with E-state index in [0.717, 1.165) is 11.1 Å². The maximum absolute atomic E-state index is 12.0. The topological polar surface area (TPSA) is 105 Å². The first-order valence-electron chi connectivity index (χ1n) is 8.08. The number of carbonyl (C=O) groups excluding carboxylic acids is 1. The van der Waals surface area contributed by atoms with Gasteiger partial charge in [-0.15, -0.1) is 0 Å². The van der Waals surface area contributed by atoms with Gasteiger partial charge in [-0.2, -0.15) is 4.98 Å². The molecule has 2 aromatic rings. The molecule has 7 nitrogen and oxygen atoms in total. The summed E-state index contributed by atoms with van der Waals surface area (Å²) in [4.78, 5) is 27.6. The van der Waals surface area contributed by atoms with Crippen LogP contribution in [0.4, 0.5) is 0 Å². The predicted molar refractivity (Wildman–Crippen MR) is 91.8 cm³/mol. The molecule has 134 valence electrons. The number of carbonyl (C=O) groups is 2. The van der Waals surface area contributed by atoms with E-state index in [0.29, 0.717) is 11.7 Å². The van der Waals surface area contributed by atoms with Gasteiger partial charge in [-0.1, -0.05) is 55.8 Å². The fourth-order valence-electron chi connectivity index (χ4n) is 2.28. The molecule has 0 unspecified atom stereocenters. The zero-order chi connectivity index (χ0) is 18.6. The number of amides is 1. The first-order chi connectivity index (χ1) is 11.7. The Kier molecular flexibility index (Phi) is 5.56. The lowest BCUT2D eigenvalue weighted by Gasteiger charge is -2.27. The summed E-state index contributed by atoms with van der Waals surface area (Å²) in [5.41, 5.74) is 1.39. The molecule has 2 rings (SSSR count). The Labute approximate surface area is 146 Å². The van der Waals surface area contributed by atoms with Crippen LogP contribution in [0.1, 0.15) is 38.6 Å². The van der Waals surface area contributed by atoms with Crippen molar-refractivity contribution in [2.24, 2.45) is 5.41 Å². The first-order valence-corrected chi connectivity index (χ1v) is 8.08. The minimum absolute atomic E-state index is 0.0788. The fourth-order valence-corrected chi connectivity index (χ4v) is 2.28. The van der Waals surface area contributed by atoms with E-state index in [9.17, 15) is 14.7 Å². The van der Waals surface area contributed by atoms with Gasteiger partial charge in [0.05, 0.1) is 0 Å². The second-order valence-corrected chi connectivity index (χ2v) is 7.08. The number of carboxylic acid groups (broad SMARTS) is 1. The van der Waals surface area contributed by atoms with Crippen LogP contribution in [0.5, 0.6) is 0 Å². The Hall–Kier alpha value is -2.70. The molecule has 2 N–H and O–H groups in total. The Morgan fingerprint density at radius 1 is 1.24 bits per heavy atom. The van der Waals surface area contributed by atoms with Crippen molar-refractivity contribution in [1.82, 2.24) is 15.5 Å². The van der Waals surface area contributed by atoms with Crippen molar-refractivity contribution in [2.45, 2.75) is 46.6 Å². The standard InChI is InChI=1S/C18H23N3O4/c1-11-5-7-12(8-6-11)16-20-14(25-21-16)10-9-13(22)19-15(17(23)24)18(2,3)4/h5-8,15H,9-10H2,1-4H3,(H,19,22)(H,23,24)/t15-/m1/s1. The smallest absolute Gasteiger partial charge is 0.326 e. The quantitative estimate of drug-likeness (QED) is 0.833. The normalized spacial score (nSPS) is 12.6. The average molecular weight is 345 g/mol. The van der Waals surface area contributed by atoms with Crippen molar-refractivity contribution in [3.8, 4) is 11.4 Å². The second-order valence-electron chi connectivity index (χ2n) is 7.08. The second kappa shape index (κ2) is 7.46.